The predicted molar refractivity (Wildman–Crippen MR) is 80.8 cm³/mol. The van der Waals surface area contributed by atoms with E-state index in [0.29, 0.717) is 12.1 Å². The van der Waals surface area contributed by atoms with Crippen LogP contribution in [0, 0.1) is 5.92 Å². The predicted octanol–water partition coefficient (Wildman–Crippen LogP) is 1.88. The van der Waals surface area contributed by atoms with E-state index in [1.807, 2.05) is 0 Å². The molecule has 2 aliphatic rings. The van der Waals surface area contributed by atoms with Crippen molar-refractivity contribution in [2.24, 2.45) is 5.92 Å². The molecule has 0 bridgehead atoms. The van der Waals surface area contributed by atoms with Crippen LogP contribution in [0.25, 0.3) is 0 Å². The second-order valence-corrected chi connectivity index (χ2v) is 6.13. The van der Waals surface area contributed by atoms with E-state index in [4.69, 9.17) is 4.74 Å². The summed E-state index contributed by atoms with van der Waals surface area (Å²) in [5.41, 5.74) is 1.43. The van der Waals surface area contributed by atoms with E-state index in [1.54, 1.807) is 0 Å². The largest absolute Gasteiger partial charge is 0.374 e. The first-order chi connectivity index (χ1) is 9.80. The summed E-state index contributed by atoms with van der Waals surface area (Å²) in [6.07, 6.45) is 7.57. The van der Waals surface area contributed by atoms with Gasteiger partial charge in [0.1, 0.15) is 0 Å². The van der Waals surface area contributed by atoms with Gasteiger partial charge in [-0.1, -0.05) is 6.92 Å². The topological polar surface area (TPSA) is 29.4 Å². The minimum atomic E-state index is 0.331. The van der Waals surface area contributed by atoms with Crippen LogP contribution in [0.1, 0.15) is 31.4 Å². The third-order valence-electron chi connectivity index (χ3n) is 4.62. The summed E-state index contributed by atoms with van der Waals surface area (Å²) in [5.74, 6) is 0.845. The fourth-order valence-corrected chi connectivity index (χ4v) is 3.27. The Balaban J connectivity index is 1.59. The molecule has 0 spiro atoms. The summed E-state index contributed by atoms with van der Waals surface area (Å²) in [4.78, 5) is 2.47. The second kappa shape index (κ2) is 6.29. The van der Waals surface area contributed by atoms with E-state index >= 15 is 0 Å². The van der Waals surface area contributed by atoms with Gasteiger partial charge in [-0.3, -0.25) is 4.90 Å². The summed E-state index contributed by atoms with van der Waals surface area (Å²) in [6.45, 7) is 7.32. The molecule has 2 unspecified atom stereocenters. The molecule has 1 saturated heterocycles. The van der Waals surface area contributed by atoms with Crippen LogP contribution in [0.5, 0.6) is 0 Å². The lowest BCUT2D eigenvalue weighted by molar-refractivity contribution is -0.0342. The van der Waals surface area contributed by atoms with Crippen molar-refractivity contribution in [1.82, 2.24) is 14.8 Å². The van der Waals surface area contributed by atoms with Gasteiger partial charge in [-0.15, -0.1) is 0 Å². The highest BCUT2D eigenvalue weighted by atomic mass is 16.5. The second-order valence-electron chi connectivity index (χ2n) is 6.13. The molecule has 1 aromatic heterocycles. The Morgan fingerprint density at radius 1 is 1.45 bits per heavy atom. The minimum Gasteiger partial charge on any atom is -0.374 e. The number of ether oxygens (including phenoxy) is 1. The highest BCUT2D eigenvalue weighted by molar-refractivity contribution is 5.18. The average molecular weight is 277 g/mol. The standard InChI is InChI=1S/C16H27N3O/c1-3-18-8-9-20-15(11-18)12-19-7-6-14(10-19)16(17-2)13-4-5-13/h6-7,10,13,15-17H,3-5,8-9,11-12H2,1-2H3. The Kier molecular flexibility index (Phi) is 4.44. The lowest BCUT2D eigenvalue weighted by Crippen LogP contribution is -2.43. The van der Waals surface area contributed by atoms with Gasteiger partial charge in [0.15, 0.2) is 0 Å². The normalized spacial score (nSPS) is 25.8. The van der Waals surface area contributed by atoms with Gasteiger partial charge in [-0.25, -0.2) is 0 Å². The summed E-state index contributed by atoms with van der Waals surface area (Å²) in [5, 5.41) is 3.46. The molecule has 2 fully saturated rings. The van der Waals surface area contributed by atoms with Gasteiger partial charge in [0, 0.05) is 38.1 Å². The fourth-order valence-electron chi connectivity index (χ4n) is 3.27. The summed E-state index contributed by atoms with van der Waals surface area (Å²) in [6, 6.07) is 2.80. The number of morpholine rings is 1. The van der Waals surface area contributed by atoms with E-state index < -0.39 is 0 Å². The van der Waals surface area contributed by atoms with Crippen molar-refractivity contribution in [3.05, 3.63) is 24.0 Å². The van der Waals surface area contributed by atoms with Gasteiger partial charge < -0.3 is 14.6 Å². The Labute approximate surface area is 122 Å². The number of nitrogens with zero attached hydrogens (tertiary/aromatic N) is 2. The molecule has 1 saturated carbocycles. The van der Waals surface area contributed by atoms with Crippen LogP contribution in [0.2, 0.25) is 0 Å². The summed E-state index contributed by atoms with van der Waals surface area (Å²) < 4.78 is 8.19. The van der Waals surface area contributed by atoms with E-state index in [0.717, 1.165) is 38.7 Å². The number of aromatic nitrogens is 1. The lowest BCUT2D eigenvalue weighted by atomic mass is 10.1. The Hall–Kier alpha value is -0.840. The van der Waals surface area contributed by atoms with Crippen LogP contribution in [-0.2, 0) is 11.3 Å². The number of nitrogens with one attached hydrogen (secondary N) is 1. The van der Waals surface area contributed by atoms with Gasteiger partial charge >= 0.3 is 0 Å². The van der Waals surface area contributed by atoms with Crippen LogP contribution in [-0.4, -0.2) is 48.9 Å². The van der Waals surface area contributed by atoms with Crippen molar-refractivity contribution in [2.45, 2.75) is 38.5 Å². The zero-order chi connectivity index (χ0) is 13.9. The molecule has 0 radical (unpaired) electrons. The summed E-state index contributed by atoms with van der Waals surface area (Å²) >= 11 is 0. The molecule has 4 heteroatoms. The third-order valence-corrected chi connectivity index (χ3v) is 4.62. The molecule has 2 atom stereocenters. The third kappa shape index (κ3) is 3.25. The molecule has 1 aromatic rings. The molecule has 20 heavy (non-hydrogen) atoms. The monoisotopic (exact) mass is 277 g/mol. The lowest BCUT2D eigenvalue weighted by Gasteiger charge is -2.32. The zero-order valence-electron chi connectivity index (χ0n) is 12.7. The van der Waals surface area contributed by atoms with E-state index in [2.05, 4.69) is 47.2 Å². The highest BCUT2D eigenvalue weighted by Crippen LogP contribution is 2.40. The minimum absolute atomic E-state index is 0.331. The molecule has 112 valence electrons. The number of hydrogen-bond donors (Lipinski definition) is 1. The number of likely N-dealkylation sites (N-methyl/N-ethyl adjacent to an activating group) is 1. The maximum Gasteiger partial charge on any atom is 0.0880 e. The van der Waals surface area contributed by atoms with Crippen molar-refractivity contribution >= 4 is 0 Å². The Morgan fingerprint density at radius 2 is 2.30 bits per heavy atom. The smallest absolute Gasteiger partial charge is 0.0880 e. The fraction of sp³-hybridized carbons (Fsp3) is 0.750. The van der Waals surface area contributed by atoms with Crippen LogP contribution >= 0.6 is 0 Å². The van der Waals surface area contributed by atoms with Gasteiger partial charge in [-0.2, -0.15) is 0 Å². The molecular formula is C16H27N3O. The van der Waals surface area contributed by atoms with Gasteiger partial charge in [0.05, 0.1) is 12.7 Å². The van der Waals surface area contributed by atoms with E-state index in [9.17, 15) is 0 Å². The summed E-state index contributed by atoms with van der Waals surface area (Å²) in [7, 11) is 2.07. The maximum absolute atomic E-state index is 5.89. The maximum atomic E-state index is 5.89. The van der Waals surface area contributed by atoms with Crippen LogP contribution in [0.3, 0.4) is 0 Å². The van der Waals surface area contributed by atoms with Crippen molar-refractivity contribution in [2.75, 3.05) is 33.3 Å². The SMILES string of the molecule is CCN1CCOC(Cn2ccc(C(NC)C3CC3)c2)C1. The Morgan fingerprint density at radius 3 is 3.00 bits per heavy atom. The number of hydrogen-bond acceptors (Lipinski definition) is 3. The quantitative estimate of drug-likeness (QED) is 0.861. The Bertz CT molecular complexity index is 427. The molecule has 1 aliphatic carbocycles. The first-order valence-corrected chi connectivity index (χ1v) is 7.97. The molecule has 1 N–H and O–H groups in total. The van der Waals surface area contributed by atoms with Crippen LogP contribution in [0.4, 0.5) is 0 Å². The molecule has 0 aromatic carbocycles. The molecule has 3 rings (SSSR count). The molecule has 0 amide bonds. The van der Waals surface area contributed by atoms with Crippen molar-refractivity contribution < 1.29 is 4.74 Å². The first kappa shape index (κ1) is 14.1. The van der Waals surface area contributed by atoms with E-state index in [-0.39, 0.29) is 0 Å². The van der Waals surface area contributed by atoms with Gasteiger partial charge in [0.2, 0.25) is 0 Å². The molecule has 4 nitrogen and oxygen atoms in total. The average Bonchev–Trinajstić information content (AvgIpc) is 3.20. The van der Waals surface area contributed by atoms with Crippen molar-refractivity contribution in [3.8, 4) is 0 Å². The van der Waals surface area contributed by atoms with Crippen LogP contribution < -0.4 is 5.32 Å². The van der Waals surface area contributed by atoms with Crippen LogP contribution in [0.15, 0.2) is 18.5 Å². The first-order valence-electron chi connectivity index (χ1n) is 7.97. The van der Waals surface area contributed by atoms with Gasteiger partial charge in [0.25, 0.3) is 0 Å². The van der Waals surface area contributed by atoms with Gasteiger partial charge in [-0.05, 0) is 44.0 Å². The zero-order valence-corrected chi connectivity index (χ0v) is 12.7. The number of rotatable bonds is 6. The molecular weight excluding hydrogens is 250 g/mol. The van der Waals surface area contributed by atoms with Crippen molar-refractivity contribution in [1.29, 1.82) is 0 Å². The molecule has 1 aliphatic heterocycles. The van der Waals surface area contributed by atoms with E-state index in [1.165, 1.54) is 18.4 Å². The highest BCUT2D eigenvalue weighted by Gasteiger charge is 2.31. The molecule has 2 heterocycles. The van der Waals surface area contributed by atoms with Crippen molar-refractivity contribution in [3.63, 3.8) is 0 Å².